The first-order chi connectivity index (χ1) is 5.61. The van der Waals surface area contributed by atoms with Gasteiger partial charge in [-0.15, -0.1) is 0 Å². The van der Waals surface area contributed by atoms with Crippen molar-refractivity contribution in [3.63, 3.8) is 0 Å². The minimum Gasteiger partial charge on any atom is -0.398 e. The van der Waals surface area contributed by atoms with Gasteiger partial charge in [0.15, 0.2) is 0 Å². The molecule has 4 heteroatoms. The van der Waals surface area contributed by atoms with Crippen LogP contribution in [0, 0.1) is 0 Å². The van der Waals surface area contributed by atoms with Crippen LogP contribution in [0.1, 0.15) is 13.8 Å². The van der Waals surface area contributed by atoms with Gasteiger partial charge in [0.2, 0.25) is 0 Å². The van der Waals surface area contributed by atoms with Crippen LogP contribution in [0.25, 0.3) is 0 Å². The monoisotopic (exact) mass is 206 g/mol. The molecule has 0 heterocycles. The van der Waals surface area contributed by atoms with Crippen molar-refractivity contribution in [1.29, 1.82) is 0 Å². The molecule has 0 bridgehead atoms. The summed E-state index contributed by atoms with van der Waals surface area (Å²) in [6.07, 6.45) is 0. The Morgan fingerprint density at radius 2 is 1.50 bits per heavy atom. The molecule has 0 aromatic carbocycles. The van der Waals surface area contributed by atoms with E-state index in [0.29, 0.717) is 0 Å². The first kappa shape index (κ1) is 12.4. The second-order valence-electron chi connectivity index (χ2n) is 3.43. The number of hydrogen-bond donors (Lipinski definition) is 0. The van der Waals surface area contributed by atoms with Gasteiger partial charge in [0, 0.05) is 23.0 Å². The summed E-state index contributed by atoms with van der Waals surface area (Å²) in [5.74, 6) is 0. The van der Waals surface area contributed by atoms with E-state index in [4.69, 9.17) is 8.85 Å². The van der Waals surface area contributed by atoms with Crippen molar-refractivity contribution in [2.45, 2.75) is 38.2 Å². The lowest BCUT2D eigenvalue weighted by Crippen LogP contribution is -2.40. The average Bonchev–Trinajstić information content (AvgIpc) is 2.14. The average molecular weight is 206 g/mol. The third-order valence-corrected chi connectivity index (χ3v) is 12.0. The number of rotatable bonds is 6. The molecule has 0 saturated heterocycles. The normalized spacial score (nSPS) is 12.5. The summed E-state index contributed by atoms with van der Waals surface area (Å²) >= 11 is 0. The molecule has 0 aliphatic rings. The van der Waals surface area contributed by atoms with Gasteiger partial charge >= 0.3 is 8.56 Å². The highest BCUT2D eigenvalue weighted by atomic mass is 28.4. The highest BCUT2D eigenvalue weighted by Gasteiger charge is 2.31. The molecule has 0 aromatic heterocycles. The lowest BCUT2D eigenvalue weighted by molar-refractivity contribution is 0.255. The van der Waals surface area contributed by atoms with Crippen LogP contribution in [0.2, 0.25) is 24.3 Å². The minimum atomic E-state index is -1.74. The maximum atomic E-state index is 5.47. The summed E-state index contributed by atoms with van der Waals surface area (Å²) in [4.78, 5) is 0. The molecule has 0 amide bonds. The van der Waals surface area contributed by atoms with Gasteiger partial charge in [0.05, 0.1) is 0 Å². The molecule has 0 unspecified atom stereocenters. The standard InChI is InChI=1S/C8H22O2Si2/c1-6-11(7-2)8-12(5,9-3)10-4/h11H,6-8H2,1-5H3. The zero-order valence-electron chi connectivity index (χ0n) is 9.02. The quantitative estimate of drug-likeness (QED) is 0.620. The highest BCUT2D eigenvalue weighted by Crippen LogP contribution is 2.17. The van der Waals surface area contributed by atoms with Crippen molar-refractivity contribution < 1.29 is 8.85 Å². The van der Waals surface area contributed by atoms with E-state index >= 15 is 0 Å². The van der Waals surface area contributed by atoms with Crippen molar-refractivity contribution >= 4 is 17.4 Å². The molecule has 0 aromatic rings. The molecule has 2 nitrogen and oxygen atoms in total. The van der Waals surface area contributed by atoms with Gasteiger partial charge in [-0.2, -0.15) is 0 Å². The maximum absolute atomic E-state index is 5.47. The largest absolute Gasteiger partial charge is 0.398 e. The third-order valence-electron chi connectivity index (χ3n) is 2.68. The van der Waals surface area contributed by atoms with Crippen LogP contribution in [-0.4, -0.2) is 31.6 Å². The molecular formula is C8H22O2Si2. The van der Waals surface area contributed by atoms with Crippen LogP contribution < -0.4 is 0 Å². The highest BCUT2D eigenvalue weighted by molar-refractivity contribution is 6.81. The van der Waals surface area contributed by atoms with Crippen molar-refractivity contribution in [3.8, 4) is 0 Å². The Bertz CT molecular complexity index is 112. The van der Waals surface area contributed by atoms with Crippen LogP contribution in [0.3, 0.4) is 0 Å². The molecule has 0 aliphatic heterocycles. The molecule has 12 heavy (non-hydrogen) atoms. The Balaban J connectivity index is 3.99. The Morgan fingerprint density at radius 1 is 1.08 bits per heavy atom. The summed E-state index contributed by atoms with van der Waals surface area (Å²) in [5.41, 5.74) is 1.26. The predicted octanol–water partition coefficient (Wildman–Crippen LogP) is 2.16. The molecule has 0 rings (SSSR count). The molecule has 0 N–H and O–H groups in total. The molecule has 74 valence electrons. The number of hydrogen-bond acceptors (Lipinski definition) is 2. The first-order valence-corrected chi connectivity index (χ1v) is 9.69. The predicted molar refractivity (Wildman–Crippen MR) is 58.6 cm³/mol. The molecule has 0 aliphatic carbocycles. The van der Waals surface area contributed by atoms with E-state index in [1.54, 1.807) is 14.2 Å². The Kier molecular flexibility index (Phi) is 6.08. The Morgan fingerprint density at radius 3 is 1.75 bits per heavy atom. The fourth-order valence-electron chi connectivity index (χ4n) is 1.35. The van der Waals surface area contributed by atoms with Crippen LogP contribution in [-0.2, 0) is 8.85 Å². The fraction of sp³-hybridized carbons (Fsp3) is 1.00. The third kappa shape index (κ3) is 3.84. The van der Waals surface area contributed by atoms with Crippen LogP contribution in [0.15, 0.2) is 0 Å². The van der Waals surface area contributed by atoms with Gasteiger partial charge in [-0.25, -0.2) is 0 Å². The van der Waals surface area contributed by atoms with Gasteiger partial charge in [-0.05, 0) is 12.2 Å². The van der Waals surface area contributed by atoms with Gasteiger partial charge in [0.1, 0.15) is 0 Å². The van der Waals surface area contributed by atoms with E-state index in [2.05, 4.69) is 20.4 Å². The van der Waals surface area contributed by atoms with Gasteiger partial charge in [-0.3, -0.25) is 0 Å². The van der Waals surface area contributed by atoms with Crippen LogP contribution >= 0.6 is 0 Å². The summed E-state index contributed by atoms with van der Waals surface area (Å²) in [6.45, 7) is 6.75. The zero-order chi connectivity index (χ0) is 9.61. The topological polar surface area (TPSA) is 18.5 Å². The molecule has 0 saturated carbocycles. The van der Waals surface area contributed by atoms with E-state index in [-0.39, 0.29) is 0 Å². The Hall–Kier alpha value is 0.354. The van der Waals surface area contributed by atoms with Gasteiger partial charge in [0.25, 0.3) is 0 Å². The lowest BCUT2D eigenvalue weighted by Gasteiger charge is -2.26. The Labute approximate surface area is 79.1 Å². The molecule has 0 fully saturated rings. The van der Waals surface area contributed by atoms with E-state index in [1.165, 1.54) is 17.8 Å². The molecule has 0 atom stereocenters. The van der Waals surface area contributed by atoms with Crippen molar-refractivity contribution in [1.82, 2.24) is 0 Å². The fourth-order valence-corrected chi connectivity index (χ4v) is 9.93. The maximum Gasteiger partial charge on any atom is 0.331 e. The minimum absolute atomic E-state index is 0.541. The first-order valence-electron chi connectivity index (χ1n) is 4.72. The van der Waals surface area contributed by atoms with E-state index in [9.17, 15) is 0 Å². The summed E-state index contributed by atoms with van der Waals surface area (Å²) in [5, 5.41) is 0. The van der Waals surface area contributed by atoms with E-state index in [1.807, 2.05) is 0 Å². The lowest BCUT2D eigenvalue weighted by atomic mass is 10.9. The van der Waals surface area contributed by atoms with Crippen LogP contribution in [0.5, 0.6) is 0 Å². The summed E-state index contributed by atoms with van der Waals surface area (Å²) < 4.78 is 10.9. The second kappa shape index (κ2) is 5.91. The zero-order valence-corrected chi connectivity index (χ0v) is 11.2. The van der Waals surface area contributed by atoms with Gasteiger partial charge < -0.3 is 8.85 Å². The van der Waals surface area contributed by atoms with Gasteiger partial charge in [-0.1, -0.05) is 25.9 Å². The second-order valence-corrected chi connectivity index (χ2v) is 11.5. The summed E-state index contributed by atoms with van der Waals surface area (Å²) in [6, 6.07) is 2.73. The van der Waals surface area contributed by atoms with Crippen molar-refractivity contribution in [3.05, 3.63) is 0 Å². The van der Waals surface area contributed by atoms with Crippen LogP contribution in [0.4, 0.5) is 0 Å². The molecular weight excluding hydrogens is 184 g/mol. The van der Waals surface area contributed by atoms with E-state index < -0.39 is 17.4 Å². The van der Waals surface area contributed by atoms with Crippen molar-refractivity contribution in [2.75, 3.05) is 14.2 Å². The van der Waals surface area contributed by atoms with Crippen molar-refractivity contribution in [2.24, 2.45) is 0 Å². The molecule has 0 radical (unpaired) electrons. The SMILES string of the molecule is CC[SiH](CC)C[Si](C)(OC)OC. The van der Waals surface area contributed by atoms with E-state index in [0.717, 1.165) is 0 Å². The summed E-state index contributed by atoms with van der Waals surface area (Å²) in [7, 11) is 1.29. The molecule has 0 spiro atoms. The smallest absolute Gasteiger partial charge is 0.331 e.